The van der Waals surface area contributed by atoms with Gasteiger partial charge in [0, 0.05) is 27.1 Å². The highest BCUT2D eigenvalue weighted by atomic mass is 79.9. The van der Waals surface area contributed by atoms with Crippen molar-refractivity contribution in [2.24, 2.45) is 0 Å². The molecule has 0 saturated heterocycles. The van der Waals surface area contributed by atoms with Crippen LogP contribution in [0.3, 0.4) is 0 Å². The molecule has 0 aliphatic heterocycles. The highest BCUT2D eigenvalue weighted by molar-refractivity contribution is 9.10. The van der Waals surface area contributed by atoms with Crippen LogP contribution >= 0.6 is 27.5 Å². The van der Waals surface area contributed by atoms with Crippen molar-refractivity contribution in [1.82, 2.24) is 5.32 Å². The second kappa shape index (κ2) is 9.63. The zero-order chi connectivity index (χ0) is 19.2. The van der Waals surface area contributed by atoms with E-state index < -0.39 is 0 Å². The molecule has 0 aliphatic carbocycles. The number of benzene rings is 2. The Morgan fingerprint density at radius 3 is 2.38 bits per heavy atom. The quantitative estimate of drug-likeness (QED) is 0.492. The number of ether oxygens (including phenoxy) is 2. The molecule has 142 valence electrons. The minimum atomic E-state index is 0.0877. The topological polar surface area (TPSA) is 30.5 Å². The Balaban J connectivity index is 2.18. The van der Waals surface area contributed by atoms with E-state index in [-0.39, 0.29) is 5.54 Å². The Hall–Kier alpha value is -1.23. The van der Waals surface area contributed by atoms with Gasteiger partial charge in [0.25, 0.3) is 0 Å². The van der Waals surface area contributed by atoms with Crippen LogP contribution in [0.5, 0.6) is 11.5 Å². The Kier molecular flexibility index (Phi) is 7.81. The van der Waals surface area contributed by atoms with Crippen molar-refractivity contribution in [3.8, 4) is 11.5 Å². The monoisotopic (exact) mass is 439 g/mol. The molecule has 2 rings (SSSR count). The van der Waals surface area contributed by atoms with E-state index in [0.717, 1.165) is 34.3 Å². The molecule has 0 saturated carbocycles. The van der Waals surface area contributed by atoms with Gasteiger partial charge >= 0.3 is 0 Å². The summed E-state index contributed by atoms with van der Waals surface area (Å²) in [5.74, 6) is 1.45. The first-order valence-corrected chi connectivity index (χ1v) is 10.1. The number of rotatable bonds is 9. The second-order valence-corrected chi connectivity index (χ2v) is 8.06. The Morgan fingerprint density at radius 2 is 1.73 bits per heavy atom. The summed E-state index contributed by atoms with van der Waals surface area (Å²) in [6, 6.07) is 11.7. The van der Waals surface area contributed by atoms with Crippen LogP contribution in [-0.2, 0) is 13.2 Å². The van der Waals surface area contributed by atoms with Crippen LogP contribution in [0.1, 0.15) is 45.2 Å². The highest BCUT2D eigenvalue weighted by Crippen LogP contribution is 2.35. The van der Waals surface area contributed by atoms with Crippen LogP contribution in [0, 0.1) is 0 Å². The van der Waals surface area contributed by atoms with Crippen molar-refractivity contribution in [1.29, 1.82) is 0 Å². The Labute approximate surface area is 170 Å². The van der Waals surface area contributed by atoms with Crippen molar-refractivity contribution in [3.63, 3.8) is 0 Å². The minimum Gasteiger partial charge on any atom is -0.490 e. The average Bonchev–Trinajstić information content (AvgIpc) is 2.62. The molecule has 0 heterocycles. The molecule has 1 N–H and O–H groups in total. The van der Waals surface area contributed by atoms with E-state index >= 15 is 0 Å². The summed E-state index contributed by atoms with van der Waals surface area (Å²) in [5, 5.41) is 4.28. The van der Waals surface area contributed by atoms with Crippen LogP contribution in [0.4, 0.5) is 0 Å². The molecule has 5 heteroatoms. The summed E-state index contributed by atoms with van der Waals surface area (Å²) >= 11 is 9.88. The van der Waals surface area contributed by atoms with Gasteiger partial charge in [0.05, 0.1) is 6.61 Å². The van der Waals surface area contributed by atoms with E-state index in [1.807, 2.05) is 43.3 Å². The first kappa shape index (κ1) is 21.1. The second-order valence-electron chi connectivity index (χ2n) is 6.79. The molecule has 2 aromatic carbocycles. The lowest BCUT2D eigenvalue weighted by Gasteiger charge is -2.25. The largest absolute Gasteiger partial charge is 0.490 e. The van der Waals surface area contributed by atoms with E-state index in [9.17, 15) is 0 Å². The van der Waals surface area contributed by atoms with E-state index in [2.05, 4.69) is 42.0 Å². The van der Waals surface area contributed by atoms with Crippen molar-refractivity contribution in [2.75, 3.05) is 6.61 Å². The van der Waals surface area contributed by atoms with Crippen molar-refractivity contribution in [3.05, 3.63) is 57.0 Å². The van der Waals surface area contributed by atoms with Crippen LogP contribution < -0.4 is 14.8 Å². The fourth-order valence-electron chi connectivity index (χ4n) is 2.32. The van der Waals surface area contributed by atoms with Gasteiger partial charge in [0.2, 0.25) is 0 Å². The SMILES string of the molecule is CCOc1cc(CNC(C)(C)CC)c(Br)cc1OCc1ccccc1Cl. The Morgan fingerprint density at radius 1 is 1.04 bits per heavy atom. The minimum absolute atomic E-state index is 0.0877. The first-order chi connectivity index (χ1) is 12.4. The standard InChI is InChI=1S/C21H27BrClNO2/c1-5-21(3,4)24-13-16-11-19(25-6-2)20(12-17(16)22)26-14-15-9-7-8-10-18(15)23/h7-12,24H,5-6,13-14H2,1-4H3. The molecule has 0 fully saturated rings. The van der Waals surface area contributed by atoms with Gasteiger partial charge < -0.3 is 14.8 Å². The van der Waals surface area contributed by atoms with Crippen molar-refractivity contribution in [2.45, 2.75) is 52.8 Å². The molecule has 0 aromatic heterocycles. The van der Waals surface area contributed by atoms with Crippen molar-refractivity contribution >= 4 is 27.5 Å². The highest BCUT2D eigenvalue weighted by Gasteiger charge is 2.16. The third-order valence-electron chi connectivity index (χ3n) is 4.39. The van der Waals surface area contributed by atoms with Crippen LogP contribution in [0.25, 0.3) is 0 Å². The lowest BCUT2D eigenvalue weighted by Crippen LogP contribution is -2.37. The van der Waals surface area contributed by atoms with E-state index in [4.69, 9.17) is 21.1 Å². The maximum absolute atomic E-state index is 6.22. The molecular weight excluding hydrogens is 414 g/mol. The molecular formula is C21H27BrClNO2. The maximum atomic E-state index is 6.22. The number of hydrogen-bond donors (Lipinski definition) is 1. The van der Waals surface area contributed by atoms with Crippen molar-refractivity contribution < 1.29 is 9.47 Å². The number of halogens is 2. The van der Waals surface area contributed by atoms with Gasteiger partial charge in [0.1, 0.15) is 6.61 Å². The molecule has 0 radical (unpaired) electrons. The van der Waals surface area contributed by atoms with Gasteiger partial charge in [0.15, 0.2) is 11.5 Å². The smallest absolute Gasteiger partial charge is 0.162 e. The lowest BCUT2D eigenvalue weighted by atomic mass is 10.0. The summed E-state index contributed by atoms with van der Waals surface area (Å²) in [5.41, 5.74) is 2.17. The van der Waals surface area contributed by atoms with Gasteiger partial charge in [-0.25, -0.2) is 0 Å². The van der Waals surface area contributed by atoms with Gasteiger partial charge in [-0.15, -0.1) is 0 Å². The van der Waals surface area contributed by atoms with Crippen LogP contribution in [0.15, 0.2) is 40.9 Å². The Bertz CT molecular complexity index is 734. The van der Waals surface area contributed by atoms with Crippen LogP contribution in [0.2, 0.25) is 5.02 Å². The average molecular weight is 441 g/mol. The molecule has 0 spiro atoms. The summed E-state index contributed by atoms with van der Waals surface area (Å²) in [6.45, 7) is 10.3. The summed E-state index contributed by atoms with van der Waals surface area (Å²) in [4.78, 5) is 0. The molecule has 0 aliphatic rings. The lowest BCUT2D eigenvalue weighted by molar-refractivity contribution is 0.268. The predicted octanol–water partition coefficient (Wildman–Crippen LogP) is 6.36. The fourth-order valence-corrected chi connectivity index (χ4v) is 2.98. The van der Waals surface area contributed by atoms with E-state index in [1.54, 1.807) is 0 Å². The molecule has 0 bridgehead atoms. The fraction of sp³-hybridized carbons (Fsp3) is 0.429. The molecule has 3 nitrogen and oxygen atoms in total. The van der Waals surface area contributed by atoms with Gasteiger partial charge in [-0.1, -0.05) is 52.7 Å². The molecule has 2 aromatic rings. The number of nitrogens with one attached hydrogen (secondary N) is 1. The summed E-state index contributed by atoms with van der Waals surface area (Å²) in [6.07, 6.45) is 1.06. The molecule has 0 amide bonds. The normalized spacial score (nSPS) is 11.5. The van der Waals surface area contributed by atoms with E-state index in [0.29, 0.717) is 24.0 Å². The summed E-state index contributed by atoms with van der Waals surface area (Å²) < 4.78 is 12.8. The third kappa shape index (κ3) is 5.90. The first-order valence-electron chi connectivity index (χ1n) is 8.92. The van der Waals surface area contributed by atoms with Crippen LogP contribution in [-0.4, -0.2) is 12.1 Å². The summed E-state index contributed by atoms with van der Waals surface area (Å²) in [7, 11) is 0. The van der Waals surface area contributed by atoms with E-state index in [1.165, 1.54) is 0 Å². The van der Waals surface area contributed by atoms with Gasteiger partial charge in [-0.3, -0.25) is 0 Å². The van der Waals surface area contributed by atoms with Gasteiger partial charge in [-0.2, -0.15) is 0 Å². The maximum Gasteiger partial charge on any atom is 0.162 e. The molecule has 26 heavy (non-hydrogen) atoms. The zero-order valence-electron chi connectivity index (χ0n) is 15.9. The van der Waals surface area contributed by atoms with Gasteiger partial charge in [-0.05, 0) is 51.0 Å². The molecule has 0 unspecified atom stereocenters. The molecule has 0 atom stereocenters. The predicted molar refractivity (Wildman–Crippen MR) is 112 cm³/mol. The third-order valence-corrected chi connectivity index (χ3v) is 5.50. The number of hydrogen-bond acceptors (Lipinski definition) is 3. The zero-order valence-corrected chi connectivity index (χ0v) is 18.2.